The predicted molar refractivity (Wildman–Crippen MR) is 80.2 cm³/mol. The van der Waals surface area contributed by atoms with Crippen molar-refractivity contribution in [2.45, 2.75) is 25.3 Å². The van der Waals surface area contributed by atoms with Gasteiger partial charge in [0.1, 0.15) is 11.5 Å². The van der Waals surface area contributed by atoms with Gasteiger partial charge in [-0.05, 0) is 43.7 Å². The Kier molecular flexibility index (Phi) is 4.39. The minimum atomic E-state index is -3.79. The van der Waals surface area contributed by atoms with Crippen LogP contribution in [0.2, 0.25) is 0 Å². The van der Waals surface area contributed by atoms with E-state index in [9.17, 15) is 13.2 Å². The molecule has 0 spiro atoms. The Morgan fingerprint density at radius 1 is 1.23 bits per heavy atom. The van der Waals surface area contributed by atoms with Crippen LogP contribution in [0.4, 0.5) is 0 Å². The molecule has 0 unspecified atom stereocenters. The highest BCUT2D eigenvalue weighted by atomic mass is 32.2. The summed E-state index contributed by atoms with van der Waals surface area (Å²) in [7, 11) is -2.37. The number of aryl methyl sites for hydroxylation is 2. The molecule has 0 radical (unpaired) electrons. The lowest BCUT2D eigenvalue weighted by Gasteiger charge is -2.16. The Bertz CT molecular complexity index is 807. The van der Waals surface area contributed by atoms with Crippen LogP contribution in [0.1, 0.15) is 27.4 Å². The number of sulfonamides is 1. The van der Waals surface area contributed by atoms with Crippen molar-refractivity contribution in [1.82, 2.24) is 4.31 Å². The second kappa shape index (κ2) is 5.94. The molecule has 1 aromatic carbocycles. The molecule has 1 heterocycles. The number of rotatable bonds is 5. The third-order valence-corrected chi connectivity index (χ3v) is 5.12. The second-order valence-electron chi connectivity index (χ2n) is 5.06. The predicted octanol–water partition coefficient (Wildman–Crippen LogP) is 2.42. The summed E-state index contributed by atoms with van der Waals surface area (Å²) in [4.78, 5) is 11.1. The molecule has 1 N–H and O–H groups in total. The number of carbonyl (C=O) groups is 1. The highest BCUT2D eigenvalue weighted by molar-refractivity contribution is 7.89. The molecule has 22 heavy (non-hydrogen) atoms. The lowest BCUT2D eigenvalue weighted by molar-refractivity contribution is 0.0696. The van der Waals surface area contributed by atoms with E-state index in [2.05, 4.69) is 0 Å². The SMILES string of the molecule is Cc1ccc(CN(C)S(=O)(=O)c2ccc(C)c(C(=O)O)c2)o1. The summed E-state index contributed by atoms with van der Waals surface area (Å²) in [5.41, 5.74) is 0.485. The number of aromatic carboxylic acids is 1. The van der Waals surface area contributed by atoms with E-state index in [1.807, 2.05) is 0 Å². The third-order valence-electron chi connectivity index (χ3n) is 3.32. The van der Waals surface area contributed by atoms with Gasteiger partial charge < -0.3 is 9.52 Å². The van der Waals surface area contributed by atoms with Crippen LogP contribution in [0, 0.1) is 13.8 Å². The second-order valence-corrected chi connectivity index (χ2v) is 7.10. The molecule has 0 aliphatic heterocycles. The molecule has 0 bridgehead atoms. The van der Waals surface area contributed by atoms with E-state index in [0.717, 1.165) is 4.31 Å². The monoisotopic (exact) mass is 323 g/mol. The molecule has 0 saturated carbocycles. The largest absolute Gasteiger partial charge is 0.478 e. The van der Waals surface area contributed by atoms with Crippen LogP contribution in [0.3, 0.4) is 0 Å². The van der Waals surface area contributed by atoms with Gasteiger partial charge in [0.2, 0.25) is 10.0 Å². The van der Waals surface area contributed by atoms with Crippen LogP contribution in [-0.2, 0) is 16.6 Å². The van der Waals surface area contributed by atoms with E-state index in [1.54, 1.807) is 26.0 Å². The first-order chi connectivity index (χ1) is 10.2. The summed E-state index contributed by atoms with van der Waals surface area (Å²) < 4.78 is 31.5. The average Bonchev–Trinajstić information content (AvgIpc) is 2.84. The molecule has 7 heteroatoms. The first-order valence-corrected chi connectivity index (χ1v) is 8.01. The summed E-state index contributed by atoms with van der Waals surface area (Å²) in [6, 6.07) is 7.53. The maximum Gasteiger partial charge on any atom is 0.335 e. The highest BCUT2D eigenvalue weighted by Gasteiger charge is 2.23. The van der Waals surface area contributed by atoms with Crippen molar-refractivity contribution in [3.8, 4) is 0 Å². The Balaban J connectivity index is 2.33. The lowest BCUT2D eigenvalue weighted by atomic mass is 10.1. The zero-order valence-corrected chi connectivity index (χ0v) is 13.3. The lowest BCUT2D eigenvalue weighted by Crippen LogP contribution is -2.26. The van der Waals surface area contributed by atoms with Crippen LogP contribution in [0.25, 0.3) is 0 Å². The molecule has 1 aromatic heterocycles. The van der Waals surface area contributed by atoms with Crippen LogP contribution < -0.4 is 0 Å². The van der Waals surface area contributed by atoms with E-state index in [-0.39, 0.29) is 17.0 Å². The van der Waals surface area contributed by atoms with E-state index in [1.165, 1.54) is 25.2 Å². The molecule has 6 nitrogen and oxygen atoms in total. The van der Waals surface area contributed by atoms with Crippen molar-refractivity contribution >= 4 is 16.0 Å². The molecular formula is C15H17NO5S. The fraction of sp³-hybridized carbons (Fsp3) is 0.267. The molecule has 0 aliphatic carbocycles. The maximum absolute atomic E-state index is 12.5. The Morgan fingerprint density at radius 3 is 2.45 bits per heavy atom. The van der Waals surface area contributed by atoms with E-state index < -0.39 is 16.0 Å². The number of hydrogen-bond donors (Lipinski definition) is 1. The molecule has 0 fully saturated rings. The van der Waals surface area contributed by atoms with E-state index >= 15 is 0 Å². The molecular weight excluding hydrogens is 306 g/mol. The number of nitrogens with zero attached hydrogens (tertiary/aromatic N) is 1. The van der Waals surface area contributed by atoms with Crippen molar-refractivity contribution < 1.29 is 22.7 Å². The van der Waals surface area contributed by atoms with E-state index in [0.29, 0.717) is 17.1 Å². The van der Waals surface area contributed by atoms with Gasteiger partial charge in [0, 0.05) is 7.05 Å². The van der Waals surface area contributed by atoms with Gasteiger partial charge >= 0.3 is 5.97 Å². The zero-order valence-electron chi connectivity index (χ0n) is 12.5. The zero-order chi connectivity index (χ0) is 16.5. The van der Waals surface area contributed by atoms with Crippen molar-refractivity contribution in [3.63, 3.8) is 0 Å². The summed E-state index contributed by atoms with van der Waals surface area (Å²) in [6.45, 7) is 3.47. The number of hydrogen-bond acceptors (Lipinski definition) is 4. The number of carboxylic acids is 1. The number of carboxylic acid groups (broad SMARTS) is 1. The van der Waals surface area contributed by atoms with E-state index in [4.69, 9.17) is 9.52 Å². The van der Waals surface area contributed by atoms with Gasteiger partial charge in [-0.1, -0.05) is 6.07 Å². The third kappa shape index (κ3) is 3.20. The summed E-state index contributed by atoms with van der Waals surface area (Å²) in [5.74, 6) is 0.0669. The van der Waals surface area contributed by atoms with Gasteiger partial charge in [0.05, 0.1) is 17.0 Å². The smallest absolute Gasteiger partial charge is 0.335 e. The summed E-state index contributed by atoms with van der Waals surface area (Å²) >= 11 is 0. The molecule has 0 aliphatic rings. The fourth-order valence-corrected chi connectivity index (χ4v) is 3.21. The molecule has 0 amide bonds. The van der Waals surface area contributed by atoms with Crippen molar-refractivity contribution in [2.75, 3.05) is 7.05 Å². The minimum Gasteiger partial charge on any atom is -0.478 e. The minimum absolute atomic E-state index is 0.0247. The summed E-state index contributed by atoms with van der Waals surface area (Å²) in [6.07, 6.45) is 0. The van der Waals surface area contributed by atoms with Gasteiger partial charge in [-0.2, -0.15) is 4.31 Å². The van der Waals surface area contributed by atoms with Crippen molar-refractivity contribution in [2.24, 2.45) is 0 Å². The summed E-state index contributed by atoms with van der Waals surface area (Å²) in [5, 5.41) is 9.11. The normalized spacial score (nSPS) is 11.8. The van der Waals surface area contributed by atoms with Crippen molar-refractivity contribution in [1.29, 1.82) is 0 Å². The van der Waals surface area contributed by atoms with Gasteiger partial charge in [-0.3, -0.25) is 0 Å². The molecule has 0 saturated heterocycles. The Morgan fingerprint density at radius 2 is 1.91 bits per heavy atom. The average molecular weight is 323 g/mol. The van der Waals surface area contributed by atoms with Gasteiger partial charge in [0.15, 0.2) is 0 Å². The van der Waals surface area contributed by atoms with Crippen LogP contribution in [-0.4, -0.2) is 30.8 Å². The van der Waals surface area contributed by atoms with Crippen molar-refractivity contribution in [3.05, 3.63) is 53.0 Å². The highest BCUT2D eigenvalue weighted by Crippen LogP contribution is 2.21. The number of furan rings is 1. The van der Waals surface area contributed by atoms with Gasteiger partial charge in [0.25, 0.3) is 0 Å². The standard InChI is InChI=1S/C15H17NO5S/c1-10-4-7-13(8-14(10)15(17)18)22(19,20)16(3)9-12-6-5-11(2)21-12/h4-8H,9H2,1-3H3,(H,17,18). The molecule has 2 rings (SSSR count). The topological polar surface area (TPSA) is 87.8 Å². The molecule has 2 aromatic rings. The van der Waals surface area contributed by atoms with Gasteiger partial charge in [-0.15, -0.1) is 0 Å². The maximum atomic E-state index is 12.5. The Hall–Kier alpha value is -2.12. The van der Waals surface area contributed by atoms with Crippen LogP contribution in [0.5, 0.6) is 0 Å². The quantitative estimate of drug-likeness (QED) is 0.913. The van der Waals surface area contributed by atoms with Crippen LogP contribution >= 0.6 is 0 Å². The first kappa shape index (κ1) is 16.3. The number of benzene rings is 1. The molecule has 0 atom stereocenters. The first-order valence-electron chi connectivity index (χ1n) is 6.57. The van der Waals surface area contributed by atoms with Gasteiger partial charge in [-0.25, -0.2) is 13.2 Å². The fourth-order valence-electron chi connectivity index (χ4n) is 2.05. The molecule has 118 valence electrons. The Labute approximate surface area is 129 Å². The van der Waals surface area contributed by atoms with Crippen LogP contribution in [0.15, 0.2) is 39.6 Å².